The summed E-state index contributed by atoms with van der Waals surface area (Å²) in [4.78, 5) is 12.8. The lowest BCUT2D eigenvalue weighted by molar-refractivity contribution is -0.186. The Kier molecular flexibility index (Phi) is 5.48. The predicted molar refractivity (Wildman–Crippen MR) is 108 cm³/mol. The summed E-state index contributed by atoms with van der Waals surface area (Å²) >= 11 is 0. The molecule has 0 amide bonds. The largest absolute Gasteiger partial charge is 0.497 e. The van der Waals surface area contributed by atoms with Crippen LogP contribution in [0.4, 0.5) is 0 Å². The summed E-state index contributed by atoms with van der Waals surface area (Å²) in [6.07, 6.45) is 1.50. The molecule has 31 heavy (non-hydrogen) atoms. The molecular weight excluding hydrogens is 404 g/mol. The maximum absolute atomic E-state index is 12.8. The minimum atomic E-state index is -2.00. The Balaban J connectivity index is 1.83. The maximum Gasteiger partial charge on any atom is 0.345 e. The monoisotopic (exact) mass is 426 g/mol. The van der Waals surface area contributed by atoms with Crippen molar-refractivity contribution in [1.29, 1.82) is 0 Å². The Morgan fingerprint density at radius 3 is 2.16 bits per heavy atom. The van der Waals surface area contributed by atoms with Gasteiger partial charge in [-0.15, -0.1) is 0 Å². The first-order chi connectivity index (χ1) is 15.0. The van der Waals surface area contributed by atoms with Gasteiger partial charge in [-0.1, -0.05) is 0 Å². The lowest BCUT2D eigenvalue weighted by Crippen LogP contribution is -2.29. The van der Waals surface area contributed by atoms with Crippen LogP contribution in [0.2, 0.25) is 0 Å². The number of cyclic esters (lactones) is 1. The van der Waals surface area contributed by atoms with E-state index in [9.17, 15) is 9.90 Å². The van der Waals surface area contributed by atoms with Crippen molar-refractivity contribution in [2.45, 2.75) is 12.2 Å². The van der Waals surface area contributed by atoms with E-state index in [4.69, 9.17) is 28.4 Å². The van der Waals surface area contributed by atoms with E-state index in [1.54, 1.807) is 63.8 Å². The molecule has 0 radical (unpaired) electrons. The molecule has 1 unspecified atom stereocenters. The minimum absolute atomic E-state index is 0.0205. The number of methoxy groups -OCH3 is 3. The van der Waals surface area contributed by atoms with Gasteiger partial charge in [0.1, 0.15) is 29.1 Å². The normalized spacial score (nSPS) is 20.0. The highest BCUT2D eigenvalue weighted by molar-refractivity contribution is 5.97. The van der Waals surface area contributed by atoms with Crippen molar-refractivity contribution < 1.29 is 38.3 Å². The average Bonchev–Trinajstić information content (AvgIpc) is 3.40. The second kappa shape index (κ2) is 8.23. The molecule has 2 aliphatic rings. The third-order valence-corrected chi connectivity index (χ3v) is 5.15. The van der Waals surface area contributed by atoms with Crippen molar-refractivity contribution in [1.82, 2.24) is 0 Å². The number of esters is 1. The van der Waals surface area contributed by atoms with Crippen LogP contribution < -0.4 is 14.2 Å². The first-order valence-electron chi connectivity index (χ1n) is 9.49. The molecule has 0 saturated carbocycles. The molecule has 2 heterocycles. The molecule has 8 nitrogen and oxygen atoms in total. The fraction of sp³-hybridized carbons (Fsp3) is 0.261. The molecule has 2 aliphatic heterocycles. The predicted octanol–water partition coefficient (Wildman–Crippen LogP) is 2.80. The van der Waals surface area contributed by atoms with Crippen LogP contribution >= 0.6 is 0 Å². The fourth-order valence-corrected chi connectivity index (χ4v) is 3.59. The average molecular weight is 426 g/mol. The molecule has 0 spiro atoms. The van der Waals surface area contributed by atoms with Crippen molar-refractivity contribution in [2.75, 3.05) is 28.1 Å². The van der Waals surface area contributed by atoms with Crippen LogP contribution in [0.5, 0.6) is 17.2 Å². The Morgan fingerprint density at radius 2 is 1.61 bits per heavy atom. The van der Waals surface area contributed by atoms with Crippen LogP contribution in [0.25, 0.3) is 0 Å². The number of hydrogen-bond donors (Lipinski definition) is 1. The number of carbonyl (C=O) groups excluding carboxylic acids is 1. The maximum atomic E-state index is 12.8. The van der Waals surface area contributed by atoms with Crippen molar-refractivity contribution in [3.05, 3.63) is 76.8 Å². The van der Waals surface area contributed by atoms with E-state index >= 15 is 0 Å². The summed E-state index contributed by atoms with van der Waals surface area (Å²) in [6, 6.07) is 12.0. The quantitative estimate of drug-likeness (QED) is 0.676. The molecule has 1 N–H and O–H groups in total. The summed E-state index contributed by atoms with van der Waals surface area (Å²) in [5.41, 5.74) is 1.56. The summed E-state index contributed by atoms with van der Waals surface area (Å²) in [5, 5.41) is 11.6. The van der Waals surface area contributed by atoms with Crippen molar-refractivity contribution in [3.8, 4) is 17.2 Å². The van der Waals surface area contributed by atoms with Gasteiger partial charge in [0, 0.05) is 23.6 Å². The molecular formula is C23H22O8. The SMILES string of the molecule is COc1ccc(C2(O)OC(=O)C(C3=COCO3)=C2Cc2cc(OC)cc(OC)c2)cc1. The Bertz CT molecular complexity index is 1030. The van der Waals surface area contributed by atoms with E-state index in [-0.39, 0.29) is 24.5 Å². The van der Waals surface area contributed by atoms with E-state index in [2.05, 4.69) is 0 Å². The number of aliphatic hydroxyl groups is 1. The van der Waals surface area contributed by atoms with Crippen LogP contribution in [0, 0.1) is 0 Å². The first kappa shape index (κ1) is 20.6. The summed E-state index contributed by atoms with van der Waals surface area (Å²) in [7, 11) is 4.64. The van der Waals surface area contributed by atoms with E-state index in [0.717, 1.165) is 5.56 Å². The minimum Gasteiger partial charge on any atom is -0.497 e. The van der Waals surface area contributed by atoms with Crippen LogP contribution in [0.15, 0.2) is 65.6 Å². The summed E-state index contributed by atoms with van der Waals surface area (Å²) in [6.45, 7) is -0.0205. The molecule has 0 aromatic heterocycles. The van der Waals surface area contributed by atoms with Crippen molar-refractivity contribution >= 4 is 5.97 Å². The number of ether oxygens (including phenoxy) is 6. The summed E-state index contributed by atoms with van der Waals surface area (Å²) < 4.78 is 31.9. The molecule has 4 rings (SSSR count). The molecule has 8 heteroatoms. The van der Waals surface area contributed by atoms with Gasteiger partial charge in [0.25, 0.3) is 5.79 Å². The topological polar surface area (TPSA) is 92.7 Å². The molecule has 0 bridgehead atoms. The van der Waals surface area contributed by atoms with Gasteiger partial charge in [-0.05, 0) is 42.0 Å². The van der Waals surface area contributed by atoms with Crippen LogP contribution in [0.3, 0.4) is 0 Å². The molecule has 0 aliphatic carbocycles. The second-order valence-corrected chi connectivity index (χ2v) is 6.92. The van der Waals surface area contributed by atoms with Gasteiger partial charge < -0.3 is 33.5 Å². The molecule has 1 atom stereocenters. The standard InChI is InChI=1S/C23H22O8/c1-26-16-6-4-15(5-7-16)23(25)19(21(22(24)31-23)20-12-29-13-30-20)10-14-8-17(27-2)11-18(9-14)28-3/h4-9,11-12,25H,10,13H2,1-3H3. The lowest BCUT2D eigenvalue weighted by atomic mass is 9.89. The van der Waals surface area contributed by atoms with Gasteiger partial charge in [0.15, 0.2) is 5.76 Å². The van der Waals surface area contributed by atoms with Gasteiger partial charge in [-0.25, -0.2) is 4.79 Å². The zero-order valence-corrected chi connectivity index (χ0v) is 17.3. The highest BCUT2D eigenvalue weighted by Crippen LogP contribution is 2.44. The lowest BCUT2D eigenvalue weighted by Gasteiger charge is -2.26. The molecule has 2 aromatic carbocycles. The van der Waals surface area contributed by atoms with Gasteiger partial charge in [0.05, 0.1) is 21.3 Å². The molecule has 162 valence electrons. The van der Waals surface area contributed by atoms with Crippen LogP contribution in [0.1, 0.15) is 11.1 Å². The van der Waals surface area contributed by atoms with Gasteiger partial charge in [-0.3, -0.25) is 0 Å². The van der Waals surface area contributed by atoms with Gasteiger partial charge in [0.2, 0.25) is 6.79 Å². The van der Waals surface area contributed by atoms with E-state index < -0.39 is 11.8 Å². The Labute approximate surface area is 179 Å². The zero-order valence-electron chi connectivity index (χ0n) is 17.3. The number of rotatable bonds is 7. The highest BCUT2D eigenvalue weighted by atomic mass is 16.7. The number of benzene rings is 2. The zero-order chi connectivity index (χ0) is 22.0. The third-order valence-electron chi connectivity index (χ3n) is 5.15. The summed E-state index contributed by atoms with van der Waals surface area (Å²) in [5.74, 6) is -0.736. The molecule has 2 aromatic rings. The molecule has 0 fully saturated rings. The second-order valence-electron chi connectivity index (χ2n) is 6.92. The fourth-order valence-electron chi connectivity index (χ4n) is 3.59. The Hall–Kier alpha value is -3.65. The van der Waals surface area contributed by atoms with E-state index in [1.807, 2.05) is 0 Å². The highest BCUT2D eigenvalue weighted by Gasteiger charge is 2.49. The van der Waals surface area contributed by atoms with Crippen molar-refractivity contribution in [3.63, 3.8) is 0 Å². The van der Waals surface area contributed by atoms with Crippen LogP contribution in [-0.4, -0.2) is 39.2 Å². The number of hydrogen-bond acceptors (Lipinski definition) is 8. The van der Waals surface area contributed by atoms with Crippen molar-refractivity contribution in [2.24, 2.45) is 0 Å². The Morgan fingerprint density at radius 1 is 0.968 bits per heavy atom. The van der Waals surface area contributed by atoms with Gasteiger partial charge >= 0.3 is 5.97 Å². The van der Waals surface area contributed by atoms with Gasteiger partial charge in [-0.2, -0.15) is 0 Å². The van der Waals surface area contributed by atoms with E-state index in [1.165, 1.54) is 6.26 Å². The number of carbonyl (C=O) groups is 1. The third kappa shape index (κ3) is 3.77. The van der Waals surface area contributed by atoms with E-state index in [0.29, 0.717) is 28.4 Å². The van der Waals surface area contributed by atoms with Crippen LogP contribution in [-0.2, 0) is 31.2 Å². The molecule has 0 saturated heterocycles. The smallest absolute Gasteiger partial charge is 0.345 e. The first-order valence-corrected chi connectivity index (χ1v) is 9.49.